The van der Waals surface area contributed by atoms with E-state index in [0.29, 0.717) is 0 Å². The first-order valence-electron chi connectivity index (χ1n) is 6.74. The summed E-state index contributed by atoms with van der Waals surface area (Å²) in [7, 11) is 1.86. The van der Waals surface area contributed by atoms with E-state index in [4.69, 9.17) is 5.73 Å². The van der Waals surface area contributed by atoms with E-state index >= 15 is 0 Å². The lowest BCUT2D eigenvalue weighted by molar-refractivity contribution is 0.249. The number of nitrogens with zero attached hydrogens (tertiary/aromatic N) is 6. The Hall–Kier alpha value is -2.15. The molecule has 0 atom stereocenters. The monoisotopic (exact) mass is 273 g/mol. The summed E-state index contributed by atoms with van der Waals surface area (Å²) in [6, 6.07) is 1.84. The molecule has 0 unspecified atom stereocenters. The van der Waals surface area contributed by atoms with Crippen molar-refractivity contribution in [1.29, 1.82) is 0 Å². The lowest BCUT2D eigenvalue weighted by Gasteiger charge is -2.34. The fraction of sp³-hybridized carbons (Fsp3) is 0.462. The predicted molar refractivity (Wildman–Crippen MR) is 77.1 cm³/mol. The molecule has 0 saturated carbocycles. The third kappa shape index (κ3) is 2.57. The van der Waals surface area contributed by atoms with E-state index < -0.39 is 0 Å². The number of nitrogens with two attached hydrogens (primary N) is 1. The van der Waals surface area contributed by atoms with Gasteiger partial charge in [0.05, 0.1) is 6.20 Å². The first-order chi connectivity index (χ1) is 9.74. The van der Waals surface area contributed by atoms with Crippen LogP contribution in [0.5, 0.6) is 0 Å². The van der Waals surface area contributed by atoms with Gasteiger partial charge in [-0.05, 0) is 6.07 Å². The molecule has 0 bridgehead atoms. The van der Waals surface area contributed by atoms with Crippen LogP contribution in [0.3, 0.4) is 0 Å². The van der Waals surface area contributed by atoms with Gasteiger partial charge in [0.2, 0.25) is 5.95 Å². The summed E-state index contributed by atoms with van der Waals surface area (Å²) in [4.78, 5) is 13.2. The van der Waals surface area contributed by atoms with Gasteiger partial charge in [-0.2, -0.15) is 5.10 Å². The smallest absolute Gasteiger partial charge is 0.225 e. The van der Waals surface area contributed by atoms with Crippen molar-refractivity contribution in [2.75, 3.05) is 36.8 Å². The van der Waals surface area contributed by atoms with Crippen LogP contribution >= 0.6 is 0 Å². The van der Waals surface area contributed by atoms with Gasteiger partial charge in [0.1, 0.15) is 5.82 Å². The number of aryl methyl sites for hydroxylation is 1. The van der Waals surface area contributed by atoms with E-state index in [1.807, 2.05) is 19.3 Å². The van der Waals surface area contributed by atoms with Crippen molar-refractivity contribution in [1.82, 2.24) is 24.6 Å². The van der Waals surface area contributed by atoms with Crippen molar-refractivity contribution in [3.05, 3.63) is 30.2 Å². The Bertz CT molecular complexity index is 557. The molecular weight excluding hydrogens is 254 g/mol. The van der Waals surface area contributed by atoms with E-state index in [0.717, 1.165) is 50.1 Å². The fourth-order valence-corrected chi connectivity index (χ4v) is 2.42. The van der Waals surface area contributed by atoms with Crippen molar-refractivity contribution in [3.8, 4) is 0 Å². The van der Waals surface area contributed by atoms with Gasteiger partial charge in [0, 0.05) is 57.7 Å². The van der Waals surface area contributed by atoms with Crippen LogP contribution in [-0.2, 0) is 13.6 Å². The zero-order valence-electron chi connectivity index (χ0n) is 11.6. The Morgan fingerprint density at radius 2 is 1.85 bits per heavy atom. The molecule has 2 aromatic heterocycles. The molecule has 7 nitrogen and oxygen atoms in total. The maximum absolute atomic E-state index is 5.98. The third-order valence-corrected chi connectivity index (χ3v) is 3.67. The van der Waals surface area contributed by atoms with E-state index in [1.165, 1.54) is 0 Å². The summed E-state index contributed by atoms with van der Waals surface area (Å²) >= 11 is 0. The summed E-state index contributed by atoms with van der Waals surface area (Å²) in [6.07, 6.45) is 5.41. The minimum absolute atomic E-state index is 0.749. The quantitative estimate of drug-likeness (QED) is 0.855. The predicted octanol–water partition coefficient (Wildman–Crippen LogP) is 0.115. The van der Waals surface area contributed by atoms with Crippen molar-refractivity contribution >= 4 is 11.8 Å². The van der Waals surface area contributed by atoms with Crippen molar-refractivity contribution in [2.24, 2.45) is 7.05 Å². The number of rotatable bonds is 3. The van der Waals surface area contributed by atoms with Gasteiger partial charge in [0.15, 0.2) is 0 Å². The number of anilines is 2. The summed E-state index contributed by atoms with van der Waals surface area (Å²) in [6.45, 7) is 4.68. The van der Waals surface area contributed by atoms with Gasteiger partial charge in [0.25, 0.3) is 0 Å². The van der Waals surface area contributed by atoms with Crippen LogP contribution in [0.2, 0.25) is 0 Å². The van der Waals surface area contributed by atoms with Gasteiger partial charge in [-0.15, -0.1) is 0 Å². The zero-order valence-corrected chi connectivity index (χ0v) is 11.6. The zero-order chi connectivity index (χ0) is 13.9. The van der Waals surface area contributed by atoms with Gasteiger partial charge < -0.3 is 10.6 Å². The number of nitrogen functional groups attached to an aromatic ring is 1. The van der Waals surface area contributed by atoms with Crippen LogP contribution in [0.25, 0.3) is 0 Å². The Labute approximate surface area is 118 Å². The Balaban J connectivity index is 1.58. The molecule has 106 valence electrons. The molecule has 0 aromatic carbocycles. The molecule has 20 heavy (non-hydrogen) atoms. The molecule has 2 N–H and O–H groups in total. The lowest BCUT2D eigenvalue weighted by atomic mass is 10.2. The van der Waals surface area contributed by atoms with Gasteiger partial charge in [-0.3, -0.25) is 9.58 Å². The number of hydrogen-bond acceptors (Lipinski definition) is 6. The highest BCUT2D eigenvalue weighted by Crippen LogP contribution is 2.15. The highest BCUT2D eigenvalue weighted by Gasteiger charge is 2.19. The van der Waals surface area contributed by atoms with Crippen LogP contribution in [0.1, 0.15) is 5.56 Å². The molecule has 1 saturated heterocycles. The summed E-state index contributed by atoms with van der Waals surface area (Å²) in [5.74, 6) is 1.56. The minimum Gasteiger partial charge on any atom is -0.384 e. The molecular formula is C13H19N7. The van der Waals surface area contributed by atoms with Crippen LogP contribution in [0.15, 0.2) is 24.7 Å². The maximum atomic E-state index is 5.98. The maximum Gasteiger partial charge on any atom is 0.225 e. The molecule has 0 radical (unpaired) electrons. The Morgan fingerprint density at radius 1 is 1.15 bits per heavy atom. The van der Waals surface area contributed by atoms with Crippen LogP contribution in [-0.4, -0.2) is 50.8 Å². The third-order valence-electron chi connectivity index (χ3n) is 3.67. The van der Waals surface area contributed by atoms with Crippen LogP contribution in [0.4, 0.5) is 11.8 Å². The average molecular weight is 273 g/mol. The van der Waals surface area contributed by atoms with E-state index in [1.54, 1.807) is 17.1 Å². The second-order valence-corrected chi connectivity index (χ2v) is 4.99. The first kappa shape index (κ1) is 12.9. The van der Waals surface area contributed by atoms with E-state index in [9.17, 15) is 0 Å². The molecule has 0 aliphatic carbocycles. The molecule has 0 spiro atoms. The van der Waals surface area contributed by atoms with Crippen molar-refractivity contribution in [3.63, 3.8) is 0 Å². The molecule has 2 aromatic rings. The average Bonchev–Trinajstić information content (AvgIpc) is 2.81. The van der Waals surface area contributed by atoms with Crippen molar-refractivity contribution < 1.29 is 0 Å². The SMILES string of the molecule is Cn1ncc(CN2CCN(c3ncccn3)CC2)c1N. The Morgan fingerprint density at radius 3 is 2.45 bits per heavy atom. The molecule has 3 rings (SSSR count). The molecule has 1 aliphatic rings. The normalized spacial score (nSPS) is 16.6. The Kier molecular flexibility index (Phi) is 3.51. The van der Waals surface area contributed by atoms with E-state index in [2.05, 4.69) is 24.9 Å². The molecule has 0 amide bonds. The minimum atomic E-state index is 0.749. The second kappa shape index (κ2) is 5.46. The summed E-state index contributed by atoms with van der Waals surface area (Å²) in [5, 5.41) is 4.18. The highest BCUT2D eigenvalue weighted by molar-refractivity contribution is 5.38. The number of piperazine rings is 1. The van der Waals surface area contributed by atoms with Gasteiger partial charge in [-0.25, -0.2) is 9.97 Å². The molecule has 7 heteroatoms. The summed E-state index contributed by atoms with van der Waals surface area (Å²) < 4.78 is 1.71. The van der Waals surface area contributed by atoms with Gasteiger partial charge >= 0.3 is 0 Å². The molecule has 3 heterocycles. The molecule has 1 aliphatic heterocycles. The second-order valence-electron chi connectivity index (χ2n) is 4.99. The summed E-state index contributed by atoms with van der Waals surface area (Å²) in [5.41, 5.74) is 7.08. The topological polar surface area (TPSA) is 76.1 Å². The number of hydrogen-bond donors (Lipinski definition) is 1. The first-order valence-corrected chi connectivity index (χ1v) is 6.74. The van der Waals surface area contributed by atoms with Gasteiger partial charge in [-0.1, -0.05) is 0 Å². The van der Waals surface area contributed by atoms with Crippen molar-refractivity contribution in [2.45, 2.75) is 6.54 Å². The largest absolute Gasteiger partial charge is 0.384 e. The molecule has 1 fully saturated rings. The van der Waals surface area contributed by atoms with Crippen LogP contribution < -0.4 is 10.6 Å². The van der Waals surface area contributed by atoms with E-state index in [-0.39, 0.29) is 0 Å². The van der Waals surface area contributed by atoms with Crippen LogP contribution in [0, 0.1) is 0 Å². The number of aromatic nitrogens is 4. The lowest BCUT2D eigenvalue weighted by Crippen LogP contribution is -2.46. The highest BCUT2D eigenvalue weighted by atomic mass is 15.3. The fourth-order valence-electron chi connectivity index (χ4n) is 2.42. The standard InChI is InChI=1S/C13H19N7/c1-18-12(14)11(9-17-18)10-19-5-7-20(8-6-19)13-15-3-2-4-16-13/h2-4,9H,5-8,10,14H2,1H3.